The van der Waals surface area contributed by atoms with Crippen molar-refractivity contribution in [3.63, 3.8) is 0 Å². The summed E-state index contributed by atoms with van der Waals surface area (Å²) in [6.07, 6.45) is 0.745. The molecule has 28 heavy (non-hydrogen) atoms. The summed E-state index contributed by atoms with van der Waals surface area (Å²) in [5, 5.41) is 15.6. The smallest absolute Gasteiger partial charge is 0.123 e. The molecule has 0 aromatic heterocycles. The third kappa shape index (κ3) is 4.63. The van der Waals surface area contributed by atoms with Crippen LogP contribution in [-0.4, -0.2) is 12.2 Å². The number of hydrogen-bond donors (Lipinski definition) is 2. The molecule has 2 nitrogen and oxygen atoms in total. The lowest BCUT2D eigenvalue weighted by atomic mass is 9.95. The van der Waals surface area contributed by atoms with Gasteiger partial charge in [-0.3, -0.25) is 0 Å². The Morgan fingerprint density at radius 2 is 1.57 bits per heavy atom. The molecule has 3 aromatic rings. The Bertz CT molecular complexity index is 935. The van der Waals surface area contributed by atoms with E-state index in [0.29, 0.717) is 14.3 Å². The van der Waals surface area contributed by atoms with Crippen LogP contribution in [0.4, 0.5) is 0 Å². The number of phenols is 1. The third-order valence-corrected chi connectivity index (χ3v) is 7.05. The number of hydrogen-bond acceptors (Lipinski definition) is 2. The number of aryl methyl sites for hydroxylation is 1. The highest BCUT2D eigenvalue weighted by Gasteiger charge is 2.27. The summed E-state index contributed by atoms with van der Waals surface area (Å²) >= 11 is 0. The van der Waals surface area contributed by atoms with Gasteiger partial charge in [-0.25, -0.2) is 0 Å². The summed E-state index contributed by atoms with van der Waals surface area (Å²) in [6, 6.07) is 23.0. The second kappa shape index (κ2) is 8.90. The van der Waals surface area contributed by atoms with Gasteiger partial charge in [0.05, 0.1) is 0 Å². The number of aromatic hydroxyl groups is 1. The molecule has 3 aromatic carbocycles. The lowest BCUT2D eigenvalue weighted by Crippen LogP contribution is -2.21. The maximum Gasteiger partial charge on any atom is 0.123 e. The number of para-hydroxylation sites is 1. The zero-order valence-electron chi connectivity index (χ0n) is 17.2. The molecule has 3 rings (SSSR count). The molecule has 0 aliphatic rings. The van der Waals surface area contributed by atoms with Crippen LogP contribution in [0.3, 0.4) is 0 Å². The van der Waals surface area contributed by atoms with Gasteiger partial charge in [0.25, 0.3) is 0 Å². The van der Waals surface area contributed by atoms with Crippen LogP contribution in [0.2, 0.25) is 0 Å². The molecule has 3 heteroatoms. The maximum atomic E-state index is 11.1. The lowest BCUT2D eigenvalue weighted by molar-refractivity contribution is 0.456. The quantitative estimate of drug-likeness (QED) is 0.539. The summed E-state index contributed by atoms with van der Waals surface area (Å²) in [5.74, 6) is 0.438. The van der Waals surface area contributed by atoms with Crippen LogP contribution in [0.25, 0.3) is 0 Å². The Morgan fingerprint density at radius 1 is 0.893 bits per heavy atom. The van der Waals surface area contributed by atoms with Crippen LogP contribution in [0.1, 0.15) is 41.7 Å². The number of nitrogens with one attached hydrogen (secondary N) is 1. The van der Waals surface area contributed by atoms with Crippen molar-refractivity contribution in [2.24, 2.45) is 0 Å². The van der Waals surface area contributed by atoms with Gasteiger partial charge in [-0.15, -0.1) is 0 Å². The van der Waals surface area contributed by atoms with Crippen LogP contribution in [0, 0.1) is 6.92 Å². The van der Waals surface area contributed by atoms with Gasteiger partial charge in [-0.05, 0) is 41.5 Å². The van der Waals surface area contributed by atoms with Gasteiger partial charge in [0.2, 0.25) is 0 Å². The van der Waals surface area contributed by atoms with E-state index in [9.17, 15) is 5.11 Å². The first-order valence-corrected chi connectivity index (χ1v) is 10.8. The lowest BCUT2D eigenvalue weighted by Gasteiger charge is -2.29. The predicted molar refractivity (Wildman–Crippen MR) is 122 cm³/mol. The molecule has 0 saturated carbocycles. The van der Waals surface area contributed by atoms with Crippen molar-refractivity contribution in [2.45, 2.75) is 38.9 Å². The minimum atomic E-state index is -0.147. The zero-order chi connectivity index (χ0) is 20.1. The normalized spacial score (nSPS) is 12.0. The fourth-order valence-electron chi connectivity index (χ4n) is 3.68. The second-order valence-electron chi connectivity index (χ2n) is 7.87. The highest BCUT2D eigenvalue weighted by Crippen LogP contribution is 2.46. The van der Waals surface area contributed by atoms with E-state index in [-0.39, 0.29) is 5.16 Å². The first-order chi connectivity index (χ1) is 13.4. The SMILES string of the molecule is CNCc1cccc(C)c1PC(C)(C)c1cccc(Cc2ccccc2)c1O. The zero-order valence-corrected chi connectivity index (χ0v) is 18.2. The topological polar surface area (TPSA) is 32.3 Å². The predicted octanol–water partition coefficient (Wildman–Crippen LogP) is 5.25. The molecule has 0 saturated heterocycles. The van der Waals surface area contributed by atoms with E-state index < -0.39 is 0 Å². The van der Waals surface area contributed by atoms with Crippen molar-refractivity contribution in [3.05, 3.63) is 94.5 Å². The molecule has 1 atom stereocenters. The second-order valence-corrected chi connectivity index (χ2v) is 9.87. The molecule has 0 spiro atoms. The van der Waals surface area contributed by atoms with Crippen LogP contribution >= 0.6 is 8.58 Å². The first kappa shape index (κ1) is 20.6. The van der Waals surface area contributed by atoms with E-state index in [1.807, 2.05) is 31.3 Å². The van der Waals surface area contributed by atoms with Gasteiger partial charge < -0.3 is 10.4 Å². The molecule has 146 valence electrons. The summed E-state index contributed by atoms with van der Waals surface area (Å²) in [7, 11) is 2.56. The molecule has 0 amide bonds. The number of phenolic OH excluding ortho intramolecular Hbond substituents is 1. The summed E-state index contributed by atoms with van der Waals surface area (Å²) < 4.78 is 0. The van der Waals surface area contributed by atoms with Gasteiger partial charge in [0.15, 0.2) is 0 Å². The average molecular weight is 391 g/mol. The number of rotatable bonds is 7. The molecule has 1 unspecified atom stereocenters. The Kier molecular flexibility index (Phi) is 6.54. The van der Waals surface area contributed by atoms with E-state index in [1.165, 1.54) is 22.0 Å². The molecular formula is C25H30NOP. The van der Waals surface area contributed by atoms with Crippen LogP contribution < -0.4 is 10.6 Å². The molecule has 0 heterocycles. The molecule has 2 N–H and O–H groups in total. The van der Waals surface area contributed by atoms with E-state index in [2.05, 4.69) is 68.6 Å². The standard InChI is InChI=1S/C25H30NOP/c1-18-10-8-14-21(17-26-4)24(18)28-25(2,3)22-15-9-13-20(23(22)27)16-19-11-6-5-7-12-19/h5-15,26-28H,16-17H2,1-4H3. The van der Waals surface area contributed by atoms with Gasteiger partial charge in [-0.1, -0.05) is 89.2 Å². The van der Waals surface area contributed by atoms with E-state index in [1.54, 1.807) is 0 Å². The Labute approximate surface area is 170 Å². The van der Waals surface area contributed by atoms with Crippen LogP contribution in [0.5, 0.6) is 5.75 Å². The monoisotopic (exact) mass is 391 g/mol. The highest BCUT2D eigenvalue weighted by molar-refractivity contribution is 7.48. The Balaban J connectivity index is 1.94. The fraction of sp³-hybridized carbons (Fsp3) is 0.280. The van der Waals surface area contributed by atoms with Gasteiger partial charge in [-0.2, -0.15) is 0 Å². The Morgan fingerprint density at radius 3 is 2.29 bits per heavy atom. The molecule has 0 radical (unpaired) electrons. The van der Waals surface area contributed by atoms with E-state index in [0.717, 1.165) is 24.1 Å². The molecule has 0 aliphatic carbocycles. The van der Waals surface area contributed by atoms with Crippen LogP contribution in [-0.2, 0) is 18.1 Å². The van der Waals surface area contributed by atoms with Gasteiger partial charge >= 0.3 is 0 Å². The number of benzene rings is 3. The van der Waals surface area contributed by atoms with E-state index in [4.69, 9.17) is 0 Å². The van der Waals surface area contributed by atoms with Crippen molar-refractivity contribution in [1.29, 1.82) is 0 Å². The van der Waals surface area contributed by atoms with Crippen LogP contribution in [0.15, 0.2) is 66.7 Å². The van der Waals surface area contributed by atoms with Crippen molar-refractivity contribution in [2.75, 3.05) is 7.05 Å². The van der Waals surface area contributed by atoms with Crippen molar-refractivity contribution in [1.82, 2.24) is 5.32 Å². The fourth-order valence-corrected chi connectivity index (χ4v) is 5.25. The van der Waals surface area contributed by atoms with Gasteiger partial charge in [0, 0.05) is 23.7 Å². The summed E-state index contributed by atoms with van der Waals surface area (Å²) in [5.41, 5.74) is 5.89. The largest absolute Gasteiger partial charge is 0.507 e. The molecular weight excluding hydrogens is 361 g/mol. The minimum Gasteiger partial charge on any atom is -0.507 e. The minimum absolute atomic E-state index is 0.147. The van der Waals surface area contributed by atoms with Crippen molar-refractivity contribution < 1.29 is 5.11 Å². The summed E-state index contributed by atoms with van der Waals surface area (Å²) in [6.45, 7) is 7.52. The molecule has 0 bridgehead atoms. The molecule has 0 aliphatic heterocycles. The summed E-state index contributed by atoms with van der Waals surface area (Å²) in [4.78, 5) is 0. The van der Waals surface area contributed by atoms with Gasteiger partial charge in [0.1, 0.15) is 5.75 Å². The third-order valence-electron chi connectivity index (χ3n) is 5.19. The molecule has 0 fully saturated rings. The maximum absolute atomic E-state index is 11.1. The van der Waals surface area contributed by atoms with E-state index >= 15 is 0 Å². The van der Waals surface area contributed by atoms with Crippen molar-refractivity contribution >= 4 is 13.9 Å². The first-order valence-electron chi connectivity index (χ1n) is 9.79. The highest BCUT2D eigenvalue weighted by atomic mass is 31.1. The average Bonchev–Trinajstić information content (AvgIpc) is 2.67. The van der Waals surface area contributed by atoms with Crippen molar-refractivity contribution in [3.8, 4) is 5.75 Å². The Hall–Kier alpha value is -2.15.